The third-order valence-corrected chi connectivity index (χ3v) is 4.62. The highest BCUT2D eigenvalue weighted by atomic mass is 16.6. The molecule has 0 rings (SSSR count). The predicted molar refractivity (Wildman–Crippen MR) is 111 cm³/mol. The number of ketones is 1. The van der Waals surface area contributed by atoms with Crippen LogP contribution in [0, 0.1) is 5.92 Å². The van der Waals surface area contributed by atoms with Gasteiger partial charge in [0.25, 0.3) is 0 Å². The molecule has 30 heavy (non-hydrogen) atoms. The Morgan fingerprint density at radius 2 is 1.30 bits per heavy atom. The molecule has 0 aliphatic carbocycles. The second-order valence-corrected chi connectivity index (χ2v) is 7.44. The number of esters is 3. The highest BCUT2D eigenvalue weighted by Gasteiger charge is 2.54. The number of rotatable bonds is 17. The van der Waals surface area contributed by atoms with Crippen molar-refractivity contribution in [2.24, 2.45) is 5.92 Å². The van der Waals surface area contributed by atoms with E-state index in [0.717, 1.165) is 39.0 Å². The maximum absolute atomic E-state index is 12.7. The number of carbonyl (C=O) groups excluding carboxylic acids is 4. The average Bonchev–Trinajstić information content (AvgIpc) is 2.67. The summed E-state index contributed by atoms with van der Waals surface area (Å²) >= 11 is 0. The fourth-order valence-electron chi connectivity index (χ4n) is 2.81. The van der Waals surface area contributed by atoms with Crippen molar-refractivity contribution in [2.45, 2.75) is 91.1 Å². The van der Waals surface area contributed by atoms with Crippen LogP contribution in [0.2, 0.25) is 0 Å². The number of hydrogen-bond acceptors (Lipinski definition) is 8. The van der Waals surface area contributed by atoms with Crippen LogP contribution in [0.15, 0.2) is 0 Å². The van der Waals surface area contributed by atoms with Crippen LogP contribution < -0.4 is 0 Å². The normalized spacial score (nSPS) is 13.8. The van der Waals surface area contributed by atoms with Gasteiger partial charge in [-0.15, -0.1) is 0 Å². The van der Waals surface area contributed by atoms with Gasteiger partial charge >= 0.3 is 17.9 Å². The first-order valence-electron chi connectivity index (χ1n) is 11.0. The van der Waals surface area contributed by atoms with Crippen molar-refractivity contribution in [3.63, 3.8) is 0 Å². The molecule has 8 nitrogen and oxygen atoms in total. The third kappa shape index (κ3) is 10.2. The first-order chi connectivity index (χ1) is 14.2. The predicted octanol–water partition coefficient (Wildman–Crippen LogP) is 3.12. The first-order valence-corrected chi connectivity index (χ1v) is 11.0. The van der Waals surface area contributed by atoms with Crippen LogP contribution in [0.5, 0.6) is 0 Å². The maximum atomic E-state index is 12.7. The lowest BCUT2D eigenvalue weighted by atomic mass is 9.81. The van der Waals surface area contributed by atoms with Crippen molar-refractivity contribution in [2.75, 3.05) is 19.8 Å². The van der Waals surface area contributed by atoms with Gasteiger partial charge in [-0.05, 0) is 26.2 Å². The summed E-state index contributed by atoms with van der Waals surface area (Å²) in [4.78, 5) is 49.6. The molecule has 0 aliphatic heterocycles. The molecule has 0 aromatic rings. The molecule has 0 saturated carbocycles. The molecule has 174 valence electrons. The van der Waals surface area contributed by atoms with Gasteiger partial charge in [0.2, 0.25) is 0 Å². The van der Waals surface area contributed by atoms with E-state index < -0.39 is 41.6 Å². The largest absolute Gasteiger partial charge is 0.466 e. The van der Waals surface area contributed by atoms with Gasteiger partial charge in [0.15, 0.2) is 11.5 Å². The van der Waals surface area contributed by atoms with Crippen LogP contribution in [-0.2, 0) is 33.4 Å². The van der Waals surface area contributed by atoms with E-state index in [9.17, 15) is 24.3 Å². The van der Waals surface area contributed by atoms with Crippen molar-refractivity contribution in [1.82, 2.24) is 0 Å². The van der Waals surface area contributed by atoms with Crippen molar-refractivity contribution in [1.29, 1.82) is 0 Å². The first kappa shape index (κ1) is 28.0. The van der Waals surface area contributed by atoms with E-state index in [1.165, 1.54) is 0 Å². The molecule has 0 saturated heterocycles. The molecule has 0 amide bonds. The summed E-state index contributed by atoms with van der Waals surface area (Å²) in [6.45, 7) is 7.09. The summed E-state index contributed by atoms with van der Waals surface area (Å²) in [6.07, 6.45) is 5.22. The molecule has 0 aromatic heterocycles. The Balaban J connectivity index is 5.46. The number of ether oxygens (including phenoxy) is 3. The maximum Gasteiger partial charge on any atom is 0.340 e. The monoisotopic (exact) mass is 430 g/mol. The number of unbranched alkanes of at least 4 members (excludes halogenated alkanes) is 5. The molecular formula is C22H38O8. The van der Waals surface area contributed by atoms with Gasteiger partial charge in [-0.25, -0.2) is 4.79 Å². The lowest BCUT2D eigenvalue weighted by Gasteiger charge is -2.30. The van der Waals surface area contributed by atoms with Crippen LogP contribution in [0.3, 0.4) is 0 Å². The van der Waals surface area contributed by atoms with Crippen molar-refractivity contribution < 1.29 is 38.5 Å². The average molecular weight is 431 g/mol. The third-order valence-electron chi connectivity index (χ3n) is 4.62. The number of Topliss-reactive ketones (excluding diaryl/α,β-unsaturated/α-hetero) is 1. The van der Waals surface area contributed by atoms with Gasteiger partial charge in [-0.2, -0.15) is 0 Å². The molecule has 8 heteroatoms. The second kappa shape index (κ2) is 15.8. The Labute approximate surface area is 179 Å². The van der Waals surface area contributed by atoms with E-state index in [0.29, 0.717) is 19.3 Å². The van der Waals surface area contributed by atoms with Gasteiger partial charge in [-0.1, -0.05) is 52.9 Å². The summed E-state index contributed by atoms with van der Waals surface area (Å²) in [6, 6.07) is 0. The molecule has 2 atom stereocenters. The van der Waals surface area contributed by atoms with Crippen LogP contribution in [-0.4, -0.2) is 54.2 Å². The van der Waals surface area contributed by atoms with Crippen LogP contribution >= 0.6 is 0 Å². The Morgan fingerprint density at radius 3 is 1.83 bits per heavy atom. The lowest BCUT2D eigenvalue weighted by molar-refractivity contribution is -0.187. The van der Waals surface area contributed by atoms with Crippen LogP contribution in [0.1, 0.15) is 85.5 Å². The van der Waals surface area contributed by atoms with Gasteiger partial charge in [0.1, 0.15) is 5.78 Å². The van der Waals surface area contributed by atoms with Crippen LogP contribution in [0.25, 0.3) is 0 Å². The van der Waals surface area contributed by atoms with E-state index in [2.05, 4.69) is 0 Å². The summed E-state index contributed by atoms with van der Waals surface area (Å²) in [5.41, 5.74) is -2.68. The van der Waals surface area contributed by atoms with E-state index in [4.69, 9.17) is 14.2 Å². The zero-order chi connectivity index (χ0) is 23.0. The molecule has 0 spiro atoms. The SMILES string of the molecule is CCCCCCOC(=O)C(O)(CC(=O)OCCCC)C(C(C)=O)C(=O)OCCCC. The van der Waals surface area contributed by atoms with Gasteiger partial charge in [0.05, 0.1) is 26.2 Å². The van der Waals surface area contributed by atoms with E-state index in [-0.39, 0.29) is 19.8 Å². The van der Waals surface area contributed by atoms with Crippen LogP contribution in [0.4, 0.5) is 0 Å². The summed E-state index contributed by atoms with van der Waals surface area (Å²) in [7, 11) is 0. The molecule has 0 heterocycles. The Kier molecular flexibility index (Phi) is 14.8. The number of hydrogen-bond donors (Lipinski definition) is 1. The minimum Gasteiger partial charge on any atom is -0.466 e. The Bertz CT molecular complexity index is 545. The smallest absolute Gasteiger partial charge is 0.340 e. The zero-order valence-corrected chi connectivity index (χ0v) is 18.9. The van der Waals surface area contributed by atoms with E-state index in [1.807, 2.05) is 20.8 Å². The summed E-state index contributed by atoms with van der Waals surface area (Å²) < 4.78 is 15.2. The minimum atomic E-state index is -2.68. The standard InChI is InChI=1S/C22H38O8/c1-5-8-11-12-15-30-21(26)22(27,16-18(24)28-13-9-6-2)19(17(4)23)20(25)29-14-10-7-3/h19,27H,5-16H2,1-4H3. The molecule has 0 aliphatic rings. The summed E-state index contributed by atoms with van der Waals surface area (Å²) in [5, 5.41) is 11.1. The molecule has 0 bridgehead atoms. The molecule has 2 unspecified atom stereocenters. The topological polar surface area (TPSA) is 116 Å². The molecule has 0 aromatic carbocycles. The fourth-order valence-corrected chi connectivity index (χ4v) is 2.81. The second-order valence-electron chi connectivity index (χ2n) is 7.44. The molecule has 0 fully saturated rings. The molecular weight excluding hydrogens is 392 g/mol. The zero-order valence-electron chi connectivity index (χ0n) is 18.9. The number of aliphatic hydroxyl groups is 1. The number of carbonyl (C=O) groups is 4. The minimum absolute atomic E-state index is 0.0154. The van der Waals surface area contributed by atoms with Crippen molar-refractivity contribution in [3.05, 3.63) is 0 Å². The van der Waals surface area contributed by atoms with E-state index >= 15 is 0 Å². The quantitative estimate of drug-likeness (QED) is 0.162. The highest BCUT2D eigenvalue weighted by molar-refractivity contribution is 6.05. The Morgan fingerprint density at radius 1 is 0.767 bits per heavy atom. The van der Waals surface area contributed by atoms with Gasteiger partial charge < -0.3 is 19.3 Å². The summed E-state index contributed by atoms with van der Waals surface area (Å²) in [5.74, 6) is -5.79. The van der Waals surface area contributed by atoms with Crippen molar-refractivity contribution in [3.8, 4) is 0 Å². The Hall–Kier alpha value is -1.96. The fraction of sp³-hybridized carbons (Fsp3) is 0.818. The molecule has 0 radical (unpaired) electrons. The van der Waals surface area contributed by atoms with E-state index in [1.54, 1.807) is 0 Å². The molecule has 1 N–H and O–H groups in total. The van der Waals surface area contributed by atoms with Gasteiger partial charge in [-0.3, -0.25) is 14.4 Å². The van der Waals surface area contributed by atoms with Gasteiger partial charge in [0, 0.05) is 0 Å². The van der Waals surface area contributed by atoms with Crippen molar-refractivity contribution >= 4 is 23.7 Å². The lowest BCUT2D eigenvalue weighted by Crippen LogP contribution is -2.55. The highest BCUT2D eigenvalue weighted by Crippen LogP contribution is 2.27.